The first kappa shape index (κ1) is 6.88. The fourth-order valence-corrected chi connectivity index (χ4v) is 0.295. The molecule has 3 heteroatoms. The lowest BCUT2D eigenvalue weighted by molar-refractivity contribution is -0.240. The molecule has 0 saturated carbocycles. The number of likely N-dealkylation sites (N-methyl/N-ethyl adjacent to an activating group) is 1. The summed E-state index contributed by atoms with van der Waals surface area (Å²) in [5.74, 6) is 0. The normalized spacial score (nSPS) is 9.43. The maximum atomic E-state index is 7.75. The van der Waals surface area contributed by atoms with E-state index in [1.165, 1.54) is 0 Å². The van der Waals surface area contributed by atoms with Crippen LogP contribution in [0.1, 0.15) is 6.92 Å². The Labute approximate surface area is 43.2 Å². The highest BCUT2D eigenvalue weighted by Gasteiger charge is 1.78. The first-order valence-corrected chi connectivity index (χ1v) is 2.39. The second-order valence-electron chi connectivity index (χ2n) is 1.19. The summed E-state index contributed by atoms with van der Waals surface area (Å²) < 4.78 is 0. The molecule has 0 aromatic rings. The van der Waals surface area contributed by atoms with Crippen molar-refractivity contribution in [3.05, 3.63) is 0 Å². The van der Waals surface area contributed by atoms with E-state index in [1.54, 1.807) is 0 Å². The van der Waals surface area contributed by atoms with Crippen molar-refractivity contribution in [2.75, 3.05) is 19.7 Å². The van der Waals surface area contributed by atoms with Crippen LogP contribution in [0, 0.1) is 0 Å². The highest BCUT2D eigenvalue weighted by Crippen LogP contribution is 1.60. The zero-order chi connectivity index (χ0) is 5.54. The molecule has 0 amide bonds. The van der Waals surface area contributed by atoms with E-state index in [9.17, 15) is 0 Å². The average molecular weight is 105 g/mol. The van der Waals surface area contributed by atoms with Gasteiger partial charge in [-0.25, -0.2) is 4.89 Å². The summed E-state index contributed by atoms with van der Waals surface area (Å²) in [7, 11) is 0. The minimum atomic E-state index is 0.369. The molecule has 0 atom stereocenters. The van der Waals surface area contributed by atoms with Gasteiger partial charge in [-0.3, -0.25) is 5.26 Å². The van der Waals surface area contributed by atoms with Crippen molar-refractivity contribution in [3.63, 3.8) is 0 Å². The molecule has 0 heterocycles. The van der Waals surface area contributed by atoms with E-state index in [2.05, 4.69) is 10.2 Å². The van der Waals surface area contributed by atoms with Gasteiger partial charge in [0.2, 0.25) is 0 Å². The van der Waals surface area contributed by atoms with E-state index in [4.69, 9.17) is 5.26 Å². The van der Waals surface area contributed by atoms with Gasteiger partial charge in [0.1, 0.15) is 0 Å². The number of rotatable bonds is 4. The fourth-order valence-electron chi connectivity index (χ4n) is 0.295. The molecule has 0 aliphatic carbocycles. The van der Waals surface area contributed by atoms with Crippen LogP contribution in [0.2, 0.25) is 0 Å². The molecule has 0 aromatic carbocycles. The monoisotopic (exact) mass is 105 g/mol. The third kappa shape index (κ3) is 5.88. The third-order valence-corrected chi connectivity index (χ3v) is 0.620. The van der Waals surface area contributed by atoms with E-state index in [0.29, 0.717) is 13.2 Å². The van der Waals surface area contributed by atoms with Crippen molar-refractivity contribution in [2.24, 2.45) is 0 Å². The summed E-state index contributed by atoms with van der Waals surface area (Å²) in [5, 5.41) is 10.7. The zero-order valence-corrected chi connectivity index (χ0v) is 4.48. The van der Waals surface area contributed by atoms with Gasteiger partial charge in [0.15, 0.2) is 0 Å². The first-order valence-electron chi connectivity index (χ1n) is 2.39. The van der Waals surface area contributed by atoms with Gasteiger partial charge in [-0.05, 0) is 6.54 Å². The first-order chi connectivity index (χ1) is 3.41. The van der Waals surface area contributed by atoms with Crippen LogP contribution in [0.25, 0.3) is 0 Å². The second kappa shape index (κ2) is 5.88. The standard InChI is InChI=1S/C4H11NO2/c1-2-5-3-4-7-6/h5-6H,2-4H2,1H3. The van der Waals surface area contributed by atoms with Gasteiger partial charge in [0.05, 0.1) is 6.61 Å². The molecule has 7 heavy (non-hydrogen) atoms. The van der Waals surface area contributed by atoms with Crippen molar-refractivity contribution in [1.82, 2.24) is 5.32 Å². The minimum absolute atomic E-state index is 0.369. The van der Waals surface area contributed by atoms with Crippen LogP contribution in [0.4, 0.5) is 0 Å². The summed E-state index contributed by atoms with van der Waals surface area (Å²) in [6.45, 7) is 4.00. The number of hydrogen-bond donors (Lipinski definition) is 2. The van der Waals surface area contributed by atoms with Gasteiger partial charge in [-0.1, -0.05) is 6.92 Å². The molecule has 0 unspecified atom stereocenters. The largest absolute Gasteiger partial charge is 0.315 e. The van der Waals surface area contributed by atoms with Crippen LogP contribution >= 0.6 is 0 Å². The summed E-state index contributed by atoms with van der Waals surface area (Å²) in [4.78, 5) is 3.78. The van der Waals surface area contributed by atoms with Crippen LogP contribution < -0.4 is 5.32 Å². The Balaban J connectivity index is 2.45. The molecule has 2 N–H and O–H groups in total. The van der Waals surface area contributed by atoms with E-state index in [1.807, 2.05) is 6.92 Å². The Morgan fingerprint density at radius 1 is 1.71 bits per heavy atom. The molecule has 0 bridgehead atoms. The lowest BCUT2D eigenvalue weighted by atomic mass is 10.6. The van der Waals surface area contributed by atoms with Gasteiger partial charge in [-0.2, -0.15) is 0 Å². The predicted octanol–water partition coefficient (Wildman–Crippen LogP) is 0.0855. The van der Waals surface area contributed by atoms with Gasteiger partial charge < -0.3 is 5.32 Å². The second-order valence-corrected chi connectivity index (χ2v) is 1.19. The van der Waals surface area contributed by atoms with Crippen molar-refractivity contribution >= 4 is 0 Å². The lowest BCUT2D eigenvalue weighted by Gasteiger charge is -1.94. The summed E-state index contributed by atoms with van der Waals surface area (Å²) in [6.07, 6.45) is 0. The van der Waals surface area contributed by atoms with Crippen molar-refractivity contribution in [2.45, 2.75) is 6.92 Å². The van der Waals surface area contributed by atoms with Crippen LogP contribution in [0.5, 0.6) is 0 Å². The molecular formula is C4H11NO2. The maximum absolute atomic E-state index is 7.75. The van der Waals surface area contributed by atoms with E-state index in [-0.39, 0.29) is 0 Å². The molecule has 0 aromatic heterocycles. The summed E-state index contributed by atoms with van der Waals surface area (Å²) >= 11 is 0. The molecule has 0 fully saturated rings. The van der Waals surface area contributed by atoms with E-state index in [0.717, 1.165) is 6.54 Å². The fraction of sp³-hybridized carbons (Fsp3) is 1.00. The minimum Gasteiger partial charge on any atom is -0.315 e. The molecule has 0 spiro atoms. The Morgan fingerprint density at radius 2 is 2.43 bits per heavy atom. The quantitative estimate of drug-likeness (QED) is 0.302. The molecule has 0 radical (unpaired) electrons. The Hall–Kier alpha value is -0.120. The predicted molar refractivity (Wildman–Crippen MR) is 27.1 cm³/mol. The number of nitrogens with one attached hydrogen (secondary N) is 1. The topological polar surface area (TPSA) is 41.5 Å². The maximum Gasteiger partial charge on any atom is 0.0944 e. The smallest absolute Gasteiger partial charge is 0.0944 e. The van der Waals surface area contributed by atoms with E-state index >= 15 is 0 Å². The van der Waals surface area contributed by atoms with Crippen molar-refractivity contribution in [1.29, 1.82) is 0 Å². The molecule has 0 rings (SSSR count). The average Bonchev–Trinajstić information content (AvgIpc) is 1.69. The number of hydrogen-bond acceptors (Lipinski definition) is 3. The Morgan fingerprint density at radius 3 is 2.86 bits per heavy atom. The van der Waals surface area contributed by atoms with Crippen LogP contribution in [-0.4, -0.2) is 25.0 Å². The van der Waals surface area contributed by atoms with Crippen LogP contribution in [-0.2, 0) is 4.89 Å². The molecule has 0 saturated heterocycles. The van der Waals surface area contributed by atoms with E-state index < -0.39 is 0 Å². The Kier molecular flexibility index (Phi) is 5.78. The lowest BCUT2D eigenvalue weighted by Crippen LogP contribution is -2.17. The highest BCUT2D eigenvalue weighted by molar-refractivity contribution is 4.36. The van der Waals surface area contributed by atoms with Gasteiger partial charge in [0.25, 0.3) is 0 Å². The SMILES string of the molecule is CCNCCOO. The molecule has 3 nitrogen and oxygen atoms in total. The zero-order valence-electron chi connectivity index (χ0n) is 4.48. The van der Waals surface area contributed by atoms with Gasteiger partial charge in [-0.15, -0.1) is 0 Å². The molecular weight excluding hydrogens is 94.0 g/mol. The summed E-state index contributed by atoms with van der Waals surface area (Å²) in [6, 6.07) is 0. The van der Waals surface area contributed by atoms with Crippen molar-refractivity contribution in [3.8, 4) is 0 Å². The Bertz CT molecular complexity index is 28.9. The van der Waals surface area contributed by atoms with Crippen LogP contribution in [0.3, 0.4) is 0 Å². The van der Waals surface area contributed by atoms with Crippen LogP contribution in [0.15, 0.2) is 0 Å². The molecule has 0 aliphatic heterocycles. The third-order valence-electron chi connectivity index (χ3n) is 0.620. The van der Waals surface area contributed by atoms with Gasteiger partial charge in [0, 0.05) is 6.54 Å². The molecule has 0 aliphatic rings. The highest BCUT2D eigenvalue weighted by atomic mass is 17.1. The molecule has 44 valence electrons. The summed E-state index contributed by atoms with van der Waals surface area (Å²) in [5.41, 5.74) is 0. The van der Waals surface area contributed by atoms with Gasteiger partial charge >= 0.3 is 0 Å². The van der Waals surface area contributed by atoms with Crippen molar-refractivity contribution < 1.29 is 10.1 Å².